The maximum atomic E-state index is 6.21. The van der Waals surface area contributed by atoms with Crippen molar-refractivity contribution in [2.45, 2.75) is 12.5 Å². The molecule has 0 spiro atoms. The second kappa shape index (κ2) is 5.92. The minimum Gasteiger partial charge on any atom is -0.493 e. The lowest BCUT2D eigenvalue weighted by molar-refractivity contribution is 0.274. The Balaban J connectivity index is 1.85. The van der Waals surface area contributed by atoms with Crippen molar-refractivity contribution >= 4 is 34.5 Å². The van der Waals surface area contributed by atoms with Crippen molar-refractivity contribution in [3.05, 3.63) is 58.6 Å². The topological polar surface area (TPSA) is 47.3 Å². The van der Waals surface area contributed by atoms with Gasteiger partial charge in [-0.2, -0.15) is 0 Å². The van der Waals surface area contributed by atoms with Gasteiger partial charge in [0, 0.05) is 23.2 Å². The Hall–Kier alpha value is -1.78. The summed E-state index contributed by atoms with van der Waals surface area (Å²) in [7, 11) is 0. The molecule has 0 fully saturated rings. The lowest BCUT2D eigenvalue weighted by Crippen LogP contribution is -2.20. The van der Waals surface area contributed by atoms with E-state index in [0.29, 0.717) is 22.2 Å². The highest BCUT2D eigenvalue weighted by Crippen LogP contribution is 2.34. The third-order valence-corrected chi connectivity index (χ3v) is 4.07. The van der Waals surface area contributed by atoms with Crippen molar-refractivity contribution in [3.8, 4) is 5.75 Å². The number of ether oxygens (including phenoxy) is 1. The number of fused-ring (bicyclic) bond motifs is 1. The molecule has 3 rings (SSSR count). The Bertz CT molecular complexity index is 690. The molecule has 1 aliphatic heterocycles. The molecule has 2 aromatic carbocycles. The first-order chi connectivity index (χ1) is 10.1. The van der Waals surface area contributed by atoms with Crippen molar-refractivity contribution in [1.29, 1.82) is 0 Å². The van der Waals surface area contributed by atoms with Gasteiger partial charge in [-0.3, -0.25) is 0 Å². The largest absolute Gasteiger partial charge is 0.493 e. The molecule has 0 saturated carbocycles. The maximum absolute atomic E-state index is 6.21. The maximum Gasteiger partial charge on any atom is 0.124 e. The molecule has 0 aliphatic carbocycles. The molecule has 0 aromatic heterocycles. The molecule has 1 heterocycles. The van der Waals surface area contributed by atoms with Crippen LogP contribution >= 0.6 is 23.8 Å². The third kappa shape index (κ3) is 2.96. The van der Waals surface area contributed by atoms with Crippen molar-refractivity contribution in [1.82, 2.24) is 0 Å². The number of benzene rings is 2. The van der Waals surface area contributed by atoms with Crippen molar-refractivity contribution < 1.29 is 4.74 Å². The summed E-state index contributed by atoms with van der Waals surface area (Å²) in [6.45, 7) is 0.702. The number of nitrogens with one attached hydrogen (secondary N) is 1. The molecule has 1 aliphatic rings. The number of hydrogen-bond acceptors (Lipinski definition) is 3. The minimum absolute atomic E-state index is 0.210. The van der Waals surface area contributed by atoms with Crippen LogP contribution in [0.2, 0.25) is 5.02 Å². The van der Waals surface area contributed by atoms with Gasteiger partial charge in [0.25, 0.3) is 0 Å². The number of nitrogens with two attached hydrogens (primary N) is 1. The standard InChI is InChI=1S/C16H15ClN2OS/c17-13-9-10(5-6-11(13)16(18)21)19-14-7-8-20-15-4-2-1-3-12(14)15/h1-6,9,14,19H,7-8H2,(H2,18,21). The van der Waals surface area contributed by atoms with Crippen molar-refractivity contribution in [2.75, 3.05) is 11.9 Å². The fourth-order valence-electron chi connectivity index (χ4n) is 2.50. The number of halogens is 1. The number of rotatable bonds is 3. The quantitative estimate of drug-likeness (QED) is 0.842. The van der Waals surface area contributed by atoms with Crippen LogP contribution in [-0.4, -0.2) is 11.6 Å². The zero-order chi connectivity index (χ0) is 14.8. The van der Waals surface area contributed by atoms with E-state index in [0.717, 1.165) is 17.9 Å². The summed E-state index contributed by atoms with van der Waals surface area (Å²) in [6.07, 6.45) is 0.908. The summed E-state index contributed by atoms with van der Waals surface area (Å²) in [6, 6.07) is 13.9. The highest BCUT2D eigenvalue weighted by atomic mass is 35.5. The molecule has 1 atom stereocenters. The third-order valence-electron chi connectivity index (χ3n) is 3.53. The SMILES string of the molecule is NC(=S)c1ccc(NC2CCOc3ccccc32)cc1Cl. The summed E-state index contributed by atoms with van der Waals surface area (Å²) in [4.78, 5) is 0.308. The van der Waals surface area contributed by atoms with Crippen molar-refractivity contribution in [3.63, 3.8) is 0 Å². The van der Waals surface area contributed by atoms with Crippen LogP contribution in [0.5, 0.6) is 5.75 Å². The predicted octanol–water partition coefficient (Wildman–Crippen LogP) is 3.91. The molecular weight excluding hydrogens is 304 g/mol. The summed E-state index contributed by atoms with van der Waals surface area (Å²) in [5.41, 5.74) is 8.43. The highest BCUT2D eigenvalue weighted by Gasteiger charge is 2.20. The van der Waals surface area contributed by atoms with E-state index in [2.05, 4.69) is 11.4 Å². The van der Waals surface area contributed by atoms with Crippen LogP contribution in [0.4, 0.5) is 5.69 Å². The van der Waals surface area contributed by atoms with E-state index in [1.54, 1.807) is 0 Å². The van der Waals surface area contributed by atoms with Gasteiger partial charge in [0.1, 0.15) is 10.7 Å². The van der Waals surface area contributed by atoms with Gasteiger partial charge in [-0.1, -0.05) is 42.0 Å². The number of hydrogen-bond donors (Lipinski definition) is 2. The highest BCUT2D eigenvalue weighted by molar-refractivity contribution is 7.80. The van der Waals surface area contributed by atoms with Gasteiger partial charge in [0.2, 0.25) is 0 Å². The van der Waals surface area contributed by atoms with E-state index in [1.807, 2.05) is 36.4 Å². The molecule has 1 unspecified atom stereocenters. The molecule has 0 radical (unpaired) electrons. The van der Waals surface area contributed by atoms with Crippen LogP contribution in [-0.2, 0) is 0 Å². The van der Waals surface area contributed by atoms with Gasteiger partial charge in [0.05, 0.1) is 17.7 Å². The molecule has 0 amide bonds. The van der Waals surface area contributed by atoms with Gasteiger partial charge in [-0.05, 0) is 24.3 Å². The zero-order valence-electron chi connectivity index (χ0n) is 11.3. The predicted molar refractivity (Wildman–Crippen MR) is 90.3 cm³/mol. The summed E-state index contributed by atoms with van der Waals surface area (Å²) in [5, 5.41) is 4.06. The zero-order valence-corrected chi connectivity index (χ0v) is 12.9. The average Bonchev–Trinajstić information content (AvgIpc) is 2.47. The minimum atomic E-state index is 0.210. The molecule has 2 aromatic rings. The van der Waals surface area contributed by atoms with Crippen LogP contribution in [0.15, 0.2) is 42.5 Å². The Morgan fingerprint density at radius 3 is 2.86 bits per heavy atom. The second-order valence-electron chi connectivity index (χ2n) is 4.93. The monoisotopic (exact) mass is 318 g/mol. The van der Waals surface area contributed by atoms with E-state index in [9.17, 15) is 0 Å². The smallest absolute Gasteiger partial charge is 0.124 e. The molecule has 3 N–H and O–H groups in total. The first kappa shape index (κ1) is 14.2. The fourth-order valence-corrected chi connectivity index (χ4v) is 3.01. The molecule has 108 valence electrons. The van der Waals surface area contributed by atoms with E-state index in [4.69, 9.17) is 34.3 Å². The lowest BCUT2D eigenvalue weighted by Gasteiger charge is -2.27. The second-order valence-corrected chi connectivity index (χ2v) is 5.78. The number of anilines is 1. The summed E-state index contributed by atoms with van der Waals surface area (Å²) < 4.78 is 5.67. The number of para-hydroxylation sites is 1. The lowest BCUT2D eigenvalue weighted by atomic mass is 10.00. The van der Waals surface area contributed by atoms with Gasteiger partial charge >= 0.3 is 0 Å². The van der Waals surface area contributed by atoms with Gasteiger partial charge < -0.3 is 15.8 Å². The van der Waals surface area contributed by atoms with E-state index in [-0.39, 0.29) is 6.04 Å². The molecule has 3 nitrogen and oxygen atoms in total. The first-order valence-electron chi connectivity index (χ1n) is 6.73. The molecule has 0 saturated heterocycles. The van der Waals surface area contributed by atoms with Crippen LogP contribution in [0.25, 0.3) is 0 Å². The molecule has 5 heteroatoms. The molecular formula is C16H15ClN2OS. The Morgan fingerprint density at radius 2 is 2.10 bits per heavy atom. The van der Waals surface area contributed by atoms with Gasteiger partial charge in [0.15, 0.2) is 0 Å². The fraction of sp³-hybridized carbons (Fsp3) is 0.188. The van der Waals surface area contributed by atoms with Crippen molar-refractivity contribution in [2.24, 2.45) is 5.73 Å². The first-order valence-corrected chi connectivity index (χ1v) is 7.51. The van der Waals surface area contributed by atoms with Crippen LogP contribution < -0.4 is 15.8 Å². The number of thiocarbonyl (C=S) groups is 1. The normalized spacial score (nSPS) is 16.7. The summed E-state index contributed by atoms with van der Waals surface area (Å²) in [5.74, 6) is 0.937. The van der Waals surface area contributed by atoms with Gasteiger partial charge in [-0.25, -0.2) is 0 Å². The molecule has 0 bridgehead atoms. The molecule has 21 heavy (non-hydrogen) atoms. The summed E-state index contributed by atoms with van der Waals surface area (Å²) >= 11 is 11.2. The Labute approximate surface area is 134 Å². The van der Waals surface area contributed by atoms with Gasteiger partial charge in [-0.15, -0.1) is 0 Å². The van der Waals surface area contributed by atoms with Crippen LogP contribution in [0.1, 0.15) is 23.6 Å². The van der Waals surface area contributed by atoms with Crippen LogP contribution in [0, 0.1) is 0 Å². The van der Waals surface area contributed by atoms with E-state index < -0.39 is 0 Å². The Kier molecular flexibility index (Phi) is 3.99. The van der Waals surface area contributed by atoms with E-state index in [1.165, 1.54) is 5.56 Å². The van der Waals surface area contributed by atoms with E-state index >= 15 is 0 Å². The van der Waals surface area contributed by atoms with Crippen LogP contribution in [0.3, 0.4) is 0 Å². The Morgan fingerprint density at radius 1 is 1.29 bits per heavy atom. The average molecular weight is 319 g/mol.